The molecule has 1 N–H and O–H groups in total. The third kappa shape index (κ3) is 4.55. The average molecular weight is 211 g/mol. The molecule has 0 aromatic rings. The number of hydrogen-bond acceptors (Lipinski definition) is 1. The highest BCUT2D eigenvalue weighted by molar-refractivity contribution is 4.80. The van der Waals surface area contributed by atoms with Crippen molar-refractivity contribution >= 4 is 0 Å². The lowest BCUT2D eigenvalue weighted by Crippen LogP contribution is -2.40. The van der Waals surface area contributed by atoms with Gasteiger partial charge in [-0.3, -0.25) is 0 Å². The molecular weight excluding hydrogens is 182 g/mol. The Morgan fingerprint density at radius 1 is 1.07 bits per heavy atom. The number of hydrogen-bond donors (Lipinski definition) is 1. The van der Waals surface area contributed by atoms with Gasteiger partial charge in [-0.2, -0.15) is 0 Å². The largest absolute Gasteiger partial charge is 0.313 e. The maximum atomic E-state index is 3.77. The van der Waals surface area contributed by atoms with Gasteiger partial charge in [0.15, 0.2) is 0 Å². The molecule has 1 nitrogen and oxygen atoms in total. The predicted octanol–water partition coefficient (Wildman–Crippen LogP) is 3.98. The molecule has 1 atom stereocenters. The molecule has 0 heterocycles. The minimum Gasteiger partial charge on any atom is -0.313 e. The van der Waals surface area contributed by atoms with Gasteiger partial charge in [0.1, 0.15) is 0 Å². The van der Waals surface area contributed by atoms with Gasteiger partial charge in [0.2, 0.25) is 0 Å². The maximum absolute atomic E-state index is 3.77. The maximum Gasteiger partial charge on any atom is 0.0118 e. The van der Waals surface area contributed by atoms with Gasteiger partial charge in [0.05, 0.1) is 0 Å². The Hall–Kier alpha value is -0.0400. The van der Waals surface area contributed by atoms with E-state index >= 15 is 0 Å². The van der Waals surface area contributed by atoms with Crippen LogP contribution in [0.5, 0.6) is 0 Å². The van der Waals surface area contributed by atoms with Crippen LogP contribution < -0.4 is 5.32 Å². The molecule has 1 heteroatoms. The van der Waals surface area contributed by atoms with Crippen molar-refractivity contribution in [2.75, 3.05) is 6.54 Å². The van der Waals surface area contributed by atoms with Gasteiger partial charge < -0.3 is 5.32 Å². The highest BCUT2D eigenvalue weighted by Crippen LogP contribution is 2.28. The van der Waals surface area contributed by atoms with E-state index in [1.807, 2.05) is 0 Å². The summed E-state index contributed by atoms with van der Waals surface area (Å²) in [6.45, 7) is 8.20. The molecule has 1 aliphatic carbocycles. The van der Waals surface area contributed by atoms with Crippen molar-refractivity contribution in [3.63, 3.8) is 0 Å². The number of nitrogens with one attached hydrogen (secondary N) is 1. The van der Waals surface area contributed by atoms with Crippen molar-refractivity contribution in [3.8, 4) is 0 Å². The summed E-state index contributed by atoms with van der Waals surface area (Å²) in [7, 11) is 0. The molecule has 0 saturated heterocycles. The first kappa shape index (κ1) is 13.0. The van der Waals surface area contributed by atoms with Gasteiger partial charge in [-0.25, -0.2) is 0 Å². The lowest BCUT2D eigenvalue weighted by Gasteiger charge is -2.30. The topological polar surface area (TPSA) is 12.0 Å². The van der Waals surface area contributed by atoms with E-state index in [0.717, 1.165) is 17.9 Å². The Labute approximate surface area is 96.0 Å². The van der Waals surface area contributed by atoms with Crippen LogP contribution >= 0.6 is 0 Å². The van der Waals surface area contributed by atoms with E-state index in [-0.39, 0.29) is 0 Å². The summed E-state index contributed by atoms with van der Waals surface area (Å²) in [5.74, 6) is 1.73. The highest BCUT2D eigenvalue weighted by atomic mass is 14.9. The Bertz CT molecular complexity index is 145. The van der Waals surface area contributed by atoms with E-state index in [9.17, 15) is 0 Å². The molecule has 0 bridgehead atoms. The molecule has 90 valence electrons. The Morgan fingerprint density at radius 3 is 2.13 bits per heavy atom. The van der Waals surface area contributed by atoms with Crippen molar-refractivity contribution in [2.24, 2.45) is 11.8 Å². The van der Waals surface area contributed by atoms with Crippen LogP contribution in [0.3, 0.4) is 0 Å². The molecule has 0 aromatic carbocycles. The Balaban J connectivity index is 2.44. The van der Waals surface area contributed by atoms with Crippen molar-refractivity contribution in [3.05, 3.63) is 0 Å². The van der Waals surface area contributed by atoms with Gasteiger partial charge in [-0.05, 0) is 37.6 Å². The van der Waals surface area contributed by atoms with E-state index in [1.54, 1.807) is 0 Å². The summed E-state index contributed by atoms with van der Waals surface area (Å²) in [6, 6.07) is 0.767. The second-order valence-corrected chi connectivity index (χ2v) is 5.48. The quantitative estimate of drug-likeness (QED) is 0.678. The molecule has 0 amide bonds. The van der Waals surface area contributed by atoms with Crippen LogP contribution in [0.4, 0.5) is 0 Å². The Kier molecular flexibility index (Phi) is 6.31. The molecular formula is C14H29N. The van der Waals surface area contributed by atoms with Gasteiger partial charge in [-0.15, -0.1) is 0 Å². The molecule has 1 rings (SSSR count). The van der Waals surface area contributed by atoms with Crippen LogP contribution in [0.25, 0.3) is 0 Å². The lowest BCUT2D eigenvalue weighted by molar-refractivity contribution is 0.259. The minimum atomic E-state index is 0.767. The van der Waals surface area contributed by atoms with Crippen LogP contribution in [-0.4, -0.2) is 12.6 Å². The zero-order valence-corrected chi connectivity index (χ0v) is 10.9. The Morgan fingerprint density at radius 2 is 1.67 bits per heavy atom. The fourth-order valence-corrected chi connectivity index (χ4v) is 2.93. The van der Waals surface area contributed by atoms with Crippen LogP contribution in [0.15, 0.2) is 0 Å². The highest BCUT2D eigenvalue weighted by Gasteiger charge is 2.24. The van der Waals surface area contributed by atoms with Crippen LogP contribution in [0.2, 0.25) is 0 Å². The molecule has 1 aliphatic rings. The lowest BCUT2D eigenvalue weighted by atomic mass is 9.85. The summed E-state index contributed by atoms with van der Waals surface area (Å²) < 4.78 is 0. The minimum absolute atomic E-state index is 0.767. The van der Waals surface area contributed by atoms with Crippen LogP contribution in [-0.2, 0) is 0 Å². The van der Waals surface area contributed by atoms with Gasteiger partial charge >= 0.3 is 0 Å². The van der Waals surface area contributed by atoms with Gasteiger partial charge in [0, 0.05) is 6.04 Å². The second kappa shape index (κ2) is 7.27. The summed E-state index contributed by atoms with van der Waals surface area (Å²) in [6.07, 6.45) is 10.0. The summed E-state index contributed by atoms with van der Waals surface area (Å²) in [4.78, 5) is 0. The predicted molar refractivity (Wildman–Crippen MR) is 68.1 cm³/mol. The third-order valence-corrected chi connectivity index (χ3v) is 3.76. The van der Waals surface area contributed by atoms with Crippen molar-refractivity contribution < 1.29 is 0 Å². The zero-order valence-electron chi connectivity index (χ0n) is 10.9. The molecule has 1 fully saturated rings. The molecule has 0 aliphatic heterocycles. The van der Waals surface area contributed by atoms with E-state index in [0.29, 0.717) is 0 Å². The normalized spacial score (nSPS) is 21.6. The smallest absolute Gasteiger partial charge is 0.0118 e. The molecule has 1 saturated carbocycles. The van der Waals surface area contributed by atoms with E-state index in [1.165, 1.54) is 51.5 Å². The van der Waals surface area contributed by atoms with Crippen LogP contribution in [0, 0.1) is 11.8 Å². The van der Waals surface area contributed by atoms with E-state index in [2.05, 4.69) is 26.1 Å². The van der Waals surface area contributed by atoms with Gasteiger partial charge in [-0.1, -0.05) is 46.5 Å². The molecule has 15 heavy (non-hydrogen) atoms. The van der Waals surface area contributed by atoms with Crippen molar-refractivity contribution in [1.82, 2.24) is 5.32 Å². The standard InChI is InChI=1S/C14H29N/c1-4-11-15-14(12(2)3)13-9-7-5-6-8-10-13/h12-15H,4-11H2,1-3H3. The molecule has 0 aromatic heterocycles. The average Bonchev–Trinajstić information content (AvgIpc) is 2.47. The summed E-state index contributed by atoms with van der Waals surface area (Å²) >= 11 is 0. The van der Waals surface area contributed by atoms with Crippen molar-refractivity contribution in [1.29, 1.82) is 0 Å². The number of rotatable bonds is 5. The molecule has 0 radical (unpaired) electrons. The first-order valence-electron chi connectivity index (χ1n) is 6.99. The third-order valence-electron chi connectivity index (χ3n) is 3.76. The fraction of sp³-hybridized carbons (Fsp3) is 1.00. The van der Waals surface area contributed by atoms with Gasteiger partial charge in [0.25, 0.3) is 0 Å². The second-order valence-electron chi connectivity index (χ2n) is 5.48. The summed E-state index contributed by atoms with van der Waals surface area (Å²) in [5, 5.41) is 3.77. The van der Waals surface area contributed by atoms with Crippen molar-refractivity contribution in [2.45, 2.75) is 71.8 Å². The zero-order chi connectivity index (χ0) is 11.1. The first-order valence-corrected chi connectivity index (χ1v) is 6.99. The first-order chi connectivity index (χ1) is 7.25. The van der Waals surface area contributed by atoms with E-state index < -0.39 is 0 Å². The SMILES string of the molecule is CCCNC(C(C)C)C1CCCCCC1. The molecule has 1 unspecified atom stereocenters. The summed E-state index contributed by atoms with van der Waals surface area (Å²) in [5.41, 5.74) is 0. The molecule has 0 spiro atoms. The fourth-order valence-electron chi connectivity index (χ4n) is 2.93. The van der Waals surface area contributed by atoms with Crippen LogP contribution in [0.1, 0.15) is 65.7 Å². The monoisotopic (exact) mass is 211 g/mol. The van der Waals surface area contributed by atoms with E-state index in [4.69, 9.17) is 0 Å².